The molecule has 4 heteroatoms. The van der Waals surface area contributed by atoms with E-state index < -0.39 is 0 Å². The molecule has 0 aliphatic rings. The van der Waals surface area contributed by atoms with Crippen molar-refractivity contribution in [2.45, 2.75) is 40.7 Å². The van der Waals surface area contributed by atoms with Crippen LogP contribution in [0.15, 0.2) is 6.07 Å². The normalized spacial score (nSPS) is 10.9. The lowest BCUT2D eigenvalue weighted by atomic mass is 10.1. The summed E-state index contributed by atoms with van der Waals surface area (Å²) in [5.41, 5.74) is 2.92. The minimum absolute atomic E-state index is 0.0447. The number of hydrogen-bond acceptors (Lipinski definition) is 3. The Balaban J connectivity index is 2.42. The Kier molecular flexibility index (Phi) is 6.81. The van der Waals surface area contributed by atoms with Gasteiger partial charge in [0.05, 0.1) is 13.2 Å². The van der Waals surface area contributed by atoms with Crippen molar-refractivity contribution in [1.82, 2.24) is 4.57 Å². The van der Waals surface area contributed by atoms with Gasteiger partial charge >= 0.3 is 0 Å². The molecule has 0 aromatic carbocycles. The molecule has 1 rings (SSSR count). The molecular formula is C15H25NO3. The first-order chi connectivity index (χ1) is 9.11. The average Bonchev–Trinajstić information content (AvgIpc) is 2.68. The number of ketones is 1. The van der Waals surface area contributed by atoms with Crippen molar-refractivity contribution in [3.05, 3.63) is 23.0 Å². The highest BCUT2D eigenvalue weighted by Crippen LogP contribution is 2.15. The van der Waals surface area contributed by atoms with E-state index in [4.69, 9.17) is 9.47 Å². The van der Waals surface area contributed by atoms with Gasteiger partial charge in [-0.15, -0.1) is 0 Å². The minimum Gasteiger partial charge on any atom is -0.379 e. The molecule has 0 radical (unpaired) electrons. The van der Waals surface area contributed by atoms with E-state index in [1.165, 1.54) is 0 Å². The van der Waals surface area contributed by atoms with Crippen LogP contribution in [0, 0.1) is 13.8 Å². The summed E-state index contributed by atoms with van der Waals surface area (Å²) in [7, 11) is 0. The van der Waals surface area contributed by atoms with E-state index in [1.807, 2.05) is 19.9 Å². The number of carbonyl (C=O) groups is 1. The molecule has 0 atom stereocenters. The van der Waals surface area contributed by atoms with Crippen molar-refractivity contribution < 1.29 is 14.3 Å². The topological polar surface area (TPSA) is 40.5 Å². The summed E-state index contributed by atoms with van der Waals surface area (Å²) in [5.74, 6) is 0.0447. The third-order valence-corrected chi connectivity index (χ3v) is 3.14. The van der Waals surface area contributed by atoms with Gasteiger partial charge in [0.15, 0.2) is 5.78 Å². The van der Waals surface area contributed by atoms with Crippen molar-refractivity contribution in [2.24, 2.45) is 0 Å². The van der Waals surface area contributed by atoms with E-state index in [9.17, 15) is 4.79 Å². The molecule has 0 aliphatic carbocycles. The molecule has 19 heavy (non-hydrogen) atoms. The second-order valence-electron chi connectivity index (χ2n) is 4.62. The van der Waals surface area contributed by atoms with Gasteiger partial charge in [-0.05, 0) is 33.3 Å². The summed E-state index contributed by atoms with van der Waals surface area (Å²) in [5, 5.41) is 0. The first-order valence-corrected chi connectivity index (χ1v) is 6.97. The van der Waals surface area contributed by atoms with Gasteiger partial charge in [0.2, 0.25) is 0 Å². The molecule has 0 spiro atoms. The third-order valence-electron chi connectivity index (χ3n) is 3.14. The lowest BCUT2D eigenvalue weighted by Crippen LogP contribution is -2.13. The van der Waals surface area contributed by atoms with E-state index in [0.29, 0.717) is 13.2 Å². The molecule has 0 bridgehead atoms. The van der Waals surface area contributed by atoms with Crippen LogP contribution in [0.5, 0.6) is 0 Å². The Hall–Kier alpha value is -1.13. The smallest absolute Gasteiger partial charge is 0.190 e. The number of aryl methyl sites for hydroxylation is 1. The zero-order valence-corrected chi connectivity index (χ0v) is 12.5. The van der Waals surface area contributed by atoms with Crippen molar-refractivity contribution in [3.63, 3.8) is 0 Å². The van der Waals surface area contributed by atoms with E-state index in [1.54, 1.807) is 0 Å². The van der Waals surface area contributed by atoms with Crippen molar-refractivity contribution >= 4 is 5.78 Å². The van der Waals surface area contributed by atoms with Gasteiger partial charge in [0.25, 0.3) is 0 Å². The van der Waals surface area contributed by atoms with Gasteiger partial charge < -0.3 is 14.0 Å². The Morgan fingerprint density at radius 2 is 1.84 bits per heavy atom. The number of ether oxygens (including phenoxy) is 2. The van der Waals surface area contributed by atoms with Crippen LogP contribution < -0.4 is 0 Å². The number of hydrogen-bond donors (Lipinski definition) is 0. The fourth-order valence-corrected chi connectivity index (χ4v) is 2.18. The summed E-state index contributed by atoms with van der Waals surface area (Å²) in [6.07, 6.45) is 1.00. The number of carbonyl (C=O) groups excluding carboxylic acids is 1. The highest BCUT2D eigenvalue weighted by Gasteiger charge is 2.14. The van der Waals surface area contributed by atoms with Crippen molar-refractivity contribution in [3.8, 4) is 0 Å². The highest BCUT2D eigenvalue weighted by molar-refractivity contribution is 5.98. The zero-order valence-electron chi connectivity index (χ0n) is 12.5. The highest BCUT2D eigenvalue weighted by atomic mass is 16.5. The van der Waals surface area contributed by atoms with Gasteiger partial charge in [0.1, 0.15) is 6.61 Å². The molecule has 0 aliphatic heterocycles. The summed E-state index contributed by atoms with van der Waals surface area (Å²) in [6, 6.07) is 1.94. The number of Topliss-reactive ketones (excluding diaryl/α,β-unsaturated/α-hetero) is 1. The summed E-state index contributed by atoms with van der Waals surface area (Å²) in [6.45, 7) is 10.9. The lowest BCUT2D eigenvalue weighted by Gasteiger charge is -2.06. The van der Waals surface area contributed by atoms with Crippen LogP contribution >= 0.6 is 0 Å². The molecule has 0 fully saturated rings. The summed E-state index contributed by atoms with van der Waals surface area (Å²) >= 11 is 0. The van der Waals surface area contributed by atoms with E-state index in [0.717, 1.165) is 36.5 Å². The number of rotatable bonds is 9. The molecule has 0 saturated heterocycles. The Bertz CT molecular complexity index is 410. The number of aromatic nitrogens is 1. The van der Waals surface area contributed by atoms with Crippen LogP contribution in [0.4, 0.5) is 0 Å². The van der Waals surface area contributed by atoms with Crippen LogP contribution in [0.25, 0.3) is 0 Å². The summed E-state index contributed by atoms with van der Waals surface area (Å²) < 4.78 is 12.8. The van der Waals surface area contributed by atoms with Gasteiger partial charge in [0, 0.05) is 30.1 Å². The van der Waals surface area contributed by atoms with Crippen LogP contribution in [-0.4, -0.2) is 36.8 Å². The van der Waals surface area contributed by atoms with Crippen molar-refractivity contribution in [2.75, 3.05) is 26.4 Å². The quantitative estimate of drug-likeness (QED) is 0.510. The molecule has 0 unspecified atom stereocenters. The second-order valence-corrected chi connectivity index (χ2v) is 4.62. The minimum atomic E-state index is 0.0447. The molecule has 1 aromatic heterocycles. The third kappa shape index (κ3) is 4.48. The molecule has 0 N–H and O–H groups in total. The molecule has 0 amide bonds. The number of nitrogens with zero attached hydrogens (tertiary/aromatic N) is 1. The second kappa shape index (κ2) is 8.12. The van der Waals surface area contributed by atoms with Crippen LogP contribution in [0.1, 0.15) is 42.0 Å². The first kappa shape index (κ1) is 15.9. The van der Waals surface area contributed by atoms with Gasteiger partial charge in [-0.25, -0.2) is 0 Å². The fourth-order valence-electron chi connectivity index (χ4n) is 2.18. The molecular weight excluding hydrogens is 242 g/mol. The van der Waals surface area contributed by atoms with E-state index in [2.05, 4.69) is 18.4 Å². The molecule has 0 saturated carbocycles. The maximum atomic E-state index is 12.1. The van der Waals surface area contributed by atoms with E-state index in [-0.39, 0.29) is 12.4 Å². The largest absolute Gasteiger partial charge is 0.379 e. The molecule has 4 nitrogen and oxygen atoms in total. The van der Waals surface area contributed by atoms with Gasteiger partial charge in [-0.2, -0.15) is 0 Å². The Morgan fingerprint density at radius 1 is 1.16 bits per heavy atom. The van der Waals surface area contributed by atoms with Gasteiger partial charge in [-0.1, -0.05) is 6.92 Å². The zero-order chi connectivity index (χ0) is 14.3. The standard InChI is InChI=1S/C15H25NO3/c1-5-7-18-8-9-19-11-15(17)14-10-12(3)16(6-2)13(14)4/h10H,5-9,11H2,1-4H3. The fraction of sp³-hybridized carbons (Fsp3) is 0.667. The summed E-state index contributed by atoms with van der Waals surface area (Å²) in [4.78, 5) is 12.1. The molecule has 108 valence electrons. The van der Waals surface area contributed by atoms with Crippen LogP contribution in [0.2, 0.25) is 0 Å². The predicted molar refractivity (Wildman–Crippen MR) is 75.8 cm³/mol. The van der Waals surface area contributed by atoms with Crippen LogP contribution in [-0.2, 0) is 16.0 Å². The van der Waals surface area contributed by atoms with Gasteiger partial charge in [-0.3, -0.25) is 4.79 Å². The maximum Gasteiger partial charge on any atom is 0.190 e. The van der Waals surface area contributed by atoms with Crippen LogP contribution in [0.3, 0.4) is 0 Å². The molecule has 1 heterocycles. The average molecular weight is 267 g/mol. The lowest BCUT2D eigenvalue weighted by molar-refractivity contribution is 0.0441. The Morgan fingerprint density at radius 3 is 2.42 bits per heavy atom. The van der Waals surface area contributed by atoms with Crippen molar-refractivity contribution in [1.29, 1.82) is 0 Å². The Labute approximate surface area is 115 Å². The monoisotopic (exact) mass is 267 g/mol. The maximum absolute atomic E-state index is 12.1. The SMILES string of the molecule is CCCOCCOCC(=O)c1cc(C)n(CC)c1C. The van der Waals surface area contributed by atoms with E-state index >= 15 is 0 Å². The predicted octanol–water partition coefficient (Wildman–Crippen LogP) is 2.75. The first-order valence-electron chi connectivity index (χ1n) is 6.97. The molecule has 1 aromatic rings.